The van der Waals surface area contributed by atoms with Crippen LogP contribution in [0.3, 0.4) is 0 Å². The van der Waals surface area contributed by atoms with E-state index in [4.69, 9.17) is 9.47 Å². The molecule has 0 heterocycles. The van der Waals surface area contributed by atoms with Crippen molar-refractivity contribution >= 4 is 16.0 Å². The summed E-state index contributed by atoms with van der Waals surface area (Å²) in [6.45, 7) is 5.28. The Bertz CT molecular complexity index is 737. The van der Waals surface area contributed by atoms with Crippen LogP contribution >= 0.6 is 0 Å². The molecule has 1 aromatic carbocycles. The van der Waals surface area contributed by atoms with Crippen LogP contribution in [0.25, 0.3) is 0 Å². The van der Waals surface area contributed by atoms with Crippen LogP contribution in [0.15, 0.2) is 24.3 Å². The molecule has 0 aliphatic heterocycles. The Morgan fingerprint density at radius 1 is 1.10 bits per heavy atom. The van der Waals surface area contributed by atoms with E-state index in [1.54, 1.807) is 6.92 Å². The fraction of sp³-hybridized carbons (Fsp3) is 0.696. The third kappa shape index (κ3) is 12.7. The maximum Gasteiger partial charge on any atom is 0.305 e. The SMILES string of the molecule is CCOC(=O)CCCCCCN(CCCC(O)COc1cccc(CC)c1)S(C)(=O)=O. The van der Waals surface area contributed by atoms with Crippen LogP contribution in [0.2, 0.25) is 0 Å². The van der Waals surface area contributed by atoms with E-state index < -0.39 is 16.1 Å². The lowest BCUT2D eigenvalue weighted by Gasteiger charge is -2.21. The number of benzene rings is 1. The van der Waals surface area contributed by atoms with Gasteiger partial charge in [-0.05, 0) is 56.7 Å². The molecule has 1 rings (SSSR count). The van der Waals surface area contributed by atoms with Crippen LogP contribution in [-0.2, 0) is 26.0 Å². The molecule has 0 fully saturated rings. The first-order valence-corrected chi connectivity index (χ1v) is 13.1. The Morgan fingerprint density at radius 2 is 1.81 bits per heavy atom. The summed E-state index contributed by atoms with van der Waals surface area (Å²) >= 11 is 0. The molecule has 0 bridgehead atoms. The highest BCUT2D eigenvalue weighted by atomic mass is 32.2. The highest BCUT2D eigenvalue weighted by Crippen LogP contribution is 2.15. The van der Waals surface area contributed by atoms with Gasteiger partial charge in [0.1, 0.15) is 12.4 Å². The summed E-state index contributed by atoms with van der Waals surface area (Å²) in [7, 11) is -3.29. The molecule has 1 atom stereocenters. The Labute approximate surface area is 187 Å². The van der Waals surface area contributed by atoms with Gasteiger partial charge in [0.05, 0.1) is 19.0 Å². The average molecular weight is 458 g/mol. The zero-order valence-electron chi connectivity index (χ0n) is 19.2. The largest absolute Gasteiger partial charge is 0.491 e. The highest BCUT2D eigenvalue weighted by Gasteiger charge is 2.16. The first-order chi connectivity index (χ1) is 14.8. The maximum absolute atomic E-state index is 12.0. The smallest absolute Gasteiger partial charge is 0.305 e. The van der Waals surface area contributed by atoms with Crippen molar-refractivity contribution in [2.75, 3.05) is 32.6 Å². The molecule has 0 saturated carbocycles. The third-order valence-corrected chi connectivity index (χ3v) is 6.31. The quantitative estimate of drug-likeness (QED) is 0.284. The van der Waals surface area contributed by atoms with E-state index in [0.29, 0.717) is 39.0 Å². The molecule has 8 heteroatoms. The van der Waals surface area contributed by atoms with Crippen LogP contribution in [0.1, 0.15) is 64.4 Å². The minimum Gasteiger partial charge on any atom is -0.491 e. The average Bonchev–Trinajstić information content (AvgIpc) is 2.72. The predicted molar refractivity (Wildman–Crippen MR) is 123 cm³/mol. The summed E-state index contributed by atoms with van der Waals surface area (Å²) in [6.07, 6.45) is 6.17. The van der Waals surface area contributed by atoms with Gasteiger partial charge in [0.25, 0.3) is 0 Å². The standard InChI is InChI=1S/C23H39NO6S/c1-4-20-12-10-14-22(18-20)30-19-21(25)13-11-17-24(31(3,27)28)16-9-7-6-8-15-23(26)29-5-2/h10,12,14,18,21,25H,4-9,11,13,15-17,19H2,1-3H3. The van der Waals surface area contributed by atoms with Crippen LogP contribution in [-0.4, -0.2) is 62.5 Å². The molecule has 1 N–H and O–H groups in total. The zero-order valence-corrected chi connectivity index (χ0v) is 20.0. The van der Waals surface area contributed by atoms with Crippen LogP contribution < -0.4 is 4.74 Å². The Hall–Kier alpha value is -1.64. The summed E-state index contributed by atoms with van der Waals surface area (Å²) in [5.74, 6) is 0.556. The van der Waals surface area contributed by atoms with Crippen LogP contribution in [0, 0.1) is 0 Å². The number of hydrogen-bond donors (Lipinski definition) is 1. The third-order valence-electron chi connectivity index (χ3n) is 5.01. The van der Waals surface area contributed by atoms with Crippen molar-refractivity contribution in [3.05, 3.63) is 29.8 Å². The Kier molecular flexibility index (Phi) is 13.4. The van der Waals surface area contributed by atoms with E-state index in [1.165, 1.54) is 16.1 Å². The molecule has 0 aliphatic carbocycles. The number of aliphatic hydroxyl groups is 1. The van der Waals surface area contributed by atoms with E-state index >= 15 is 0 Å². The molecule has 0 radical (unpaired) electrons. The van der Waals surface area contributed by atoms with Gasteiger partial charge < -0.3 is 14.6 Å². The van der Waals surface area contributed by atoms with Crippen molar-refractivity contribution in [1.82, 2.24) is 4.31 Å². The normalized spacial score (nSPS) is 12.7. The molecule has 0 spiro atoms. The number of aryl methyl sites for hydroxylation is 1. The summed E-state index contributed by atoms with van der Waals surface area (Å²) in [5, 5.41) is 10.2. The zero-order chi connectivity index (χ0) is 23.1. The van der Waals surface area contributed by atoms with E-state index in [9.17, 15) is 18.3 Å². The number of ether oxygens (including phenoxy) is 2. The number of sulfonamides is 1. The minimum absolute atomic E-state index is 0.180. The van der Waals surface area contributed by atoms with Crippen molar-refractivity contribution < 1.29 is 27.8 Å². The van der Waals surface area contributed by atoms with Crippen molar-refractivity contribution in [2.45, 2.75) is 71.3 Å². The first kappa shape index (κ1) is 27.4. The highest BCUT2D eigenvalue weighted by molar-refractivity contribution is 7.88. The van der Waals surface area contributed by atoms with Crippen molar-refractivity contribution in [2.24, 2.45) is 0 Å². The van der Waals surface area contributed by atoms with Gasteiger partial charge in [-0.15, -0.1) is 0 Å². The number of carbonyl (C=O) groups is 1. The number of aliphatic hydroxyl groups excluding tert-OH is 1. The molecule has 31 heavy (non-hydrogen) atoms. The first-order valence-electron chi connectivity index (χ1n) is 11.3. The number of hydrogen-bond acceptors (Lipinski definition) is 6. The van der Waals surface area contributed by atoms with Gasteiger partial charge >= 0.3 is 5.97 Å². The van der Waals surface area contributed by atoms with Gasteiger partial charge in [0.2, 0.25) is 10.0 Å². The lowest BCUT2D eigenvalue weighted by Crippen LogP contribution is -2.32. The van der Waals surface area contributed by atoms with Gasteiger partial charge in [-0.3, -0.25) is 4.79 Å². The maximum atomic E-state index is 12.0. The lowest BCUT2D eigenvalue weighted by molar-refractivity contribution is -0.143. The predicted octanol–water partition coefficient (Wildman–Crippen LogP) is 3.54. The van der Waals surface area contributed by atoms with Gasteiger partial charge in [-0.25, -0.2) is 12.7 Å². The fourth-order valence-electron chi connectivity index (χ4n) is 3.22. The second-order valence-corrected chi connectivity index (χ2v) is 9.72. The van der Waals surface area contributed by atoms with E-state index in [-0.39, 0.29) is 12.6 Å². The lowest BCUT2D eigenvalue weighted by atomic mass is 10.1. The second kappa shape index (κ2) is 15.2. The summed E-state index contributed by atoms with van der Waals surface area (Å²) < 4.78 is 36.1. The van der Waals surface area contributed by atoms with E-state index in [2.05, 4.69) is 6.92 Å². The molecular weight excluding hydrogens is 418 g/mol. The molecule has 7 nitrogen and oxygen atoms in total. The Morgan fingerprint density at radius 3 is 2.48 bits per heavy atom. The Balaban J connectivity index is 2.27. The van der Waals surface area contributed by atoms with Gasteiger partial charge in [0.15, 0.2) is 0 Å². The number of rotatable bonds is 17. The number of carbonyl (C=O) groups excluding carboxylic acids is 1. The van der Waals surface area contributed by atoms with Gasteiger partial charge in [0, 0.05) is 19.5 Å². The van der Waals surface area contributed by atoms with Crippen molar-refractivity contribution in [3.63, 3.8) is 0 Å². The number of nitrogens with zero attached hydrogens (tertiary/aromatic N) is 1. The molecule has 1 aromatic rings. The summed E-state index contributed by atoms with van der Waals surface area (Å²) in [6, 6.07) is 7.79. The number of unbranched alkanes of at least 4 members (excludes halogenated alkanes) is 3. The minimum atomic E-state index is -3.29. The molecule has 1 unspecified atom stereocenters. The van der Waals surface area contributed by atoms with Crippen LogP contribution in [0.5, 0.6) is 5.75 Å². The molecule has 178 valence electrons. The van der Waals surface area contributed by atoms with Gasteiger partial charge in [-0.2, -0.15) is 0 Å². The van der Waals surface area contributed by atoms with Crippen molar-refractivity contribution in [3.8, 4) is 5.75 Å². The summed E-state index contributed by atoms with van der Waals surface area (Å²) in [5.41, 5.74) is 1.18. The van der Waals surface area contributed by atoms with Crippen molar-refractivity contribution in [1.29, 1.82) is 0 Å². The molecular formula is C23H39NO6S. The van der Waals surface area contributed by atoms with E-state index in [0.717, 1.165) is 37.9 Å². The molecule has 0 saturated heterocycles. The second-order valence-electron chi connectivity index (χ2n) is 7.74. The van der Waals surface area contributed by atoms with E-state index in [1.807, 2.05) is 24.3 Å². The van der Waals surface area contributed by atoms with Crippen LogP contribution in [0.4, 0.5) is 0 Å². The number of esters is 1. The molecule has 0 aliphatic rings. The summed E-state index contributed by atoms with van der Waals surface area (Å²) in [4.78, 5) is 11.3. The molecule has 0 aromatic heterocycles. The fourth-order valence-corrected chi connectivity index (χ4v) is 4.14. The van der Waals surface area contributed by atoms with Gasteiger partial charge in [-0.1, -0.05) is 31.9 Å². The monoisotopic (exact) mass is 457 g/mol. The topological polar surface area (TPSA) is 93.1 Å². The molecule has 0 amide bonds.